The maximum atomic E-state index is 12.6. The van der Waals surface area contributed by atoms with Crippen molar-refractivity contribution in [2.75, 3.05) is 47.0 Å². The summed E-state index contributed by atoms with van der Waals surface area (Å²) in [6, 6.07) is 13.6. The topological polar surface area (TPSA) is 64.1 Å². The number of methoxy groups -OCH3 is 2. The zero-order valence-corrected chi connectivity index (χ0v) is 20.1. The largest absolute Gasteiger partial charge is 0.497 e. The Kier molecular flexibility index (Phi) is 7.47. The van der Waals surface area contributed by atoms with Crippen molar-refractivity contribution < 1.29 is 19.0 Å². The third-order valence-corrected chi connectivity index (χ3v) is 6.61. The molecule has 0 radical (unpaired) electrons. The molecule has 1 aliphatic rings. The van der Waals surface area contributed by atoms with Gasteiger partial charge in [-0.3, -0.25) is 9.69 Å². The van der Waals surface area contributed by atoms with Crippen LogP contribution in [-0.2, 0) is 11.3 Å². The number of carbonyl (C=O) groups is 1. The van der Waals surface area contributed by atoms with Crippen molar-refractivity contribution in [3.63, 3.8) is 0 Å². The highest BCUT2D eigenvalue weighted by atomic mass is 32.1. The molecule has 1 aliphatic heterocycles. The summed E-state index contributed by atoms with van der Waals surface area (Å²) in [4.78, 5) is 21.6. The second-order valence-corrected chi connectivity index (χ2v) is 8.83. The first-order valence-electron chi connectivity index (χ1n) is 10.9. The fourth-order valence-corrected chi connectivity index (χ4v) is 4.57. The van der Waals surface area contributed by atoms with Crippen molar-refractivity contribution in [1.82, 2.24) is 14.8 Å². The van der Waals surface area contributed by atoms with E-state index >= 15 is 0 Å². The molecule has 4 rings (SSSR count). The molecule has 33 heavy (non-hydrogen) atoms. The summed E-state index contributed by atoms with van der Waals surface area (Å²) in [5.41, 5.74) is 3.23. The lowest BCUT2D eigenvalue weighted by Crippen LogP contribution is -2.49. The molecule has 1 fully saturated rings. The number of amides is 1. The van der Waals surface area contributed by atoms with E-state index in [0.717, 1.165) is 47.2 Å². The van der Waals surface area contributed by atoms with E-state index < -0.39 is 0 Å². The predicted octanol–water partition coefficient (Wildman–Crippen LogP) is 3.86. The van der Waals surface area contributed by atoms with E-state index in [1.807, 2.05) is 54.3 Å². The minimum absolute atomic E-state index is 0.00673. The number of hydrogen-bond donors (Lipinski definition) is 0. The van der Waals surface area contributed by atoms with Crippen LogP contribution in [0.2, 0.25) is 0 Å². The van der Waals surface area contributed by atoms with Crippen LogP contribution in [0.1, 0.15) is 11.3 Å². The number of thiazole rings is 1. The molecule has 0 spiro atoms. The van der Waals surface area contributed by atoms with Gasteiger partial charge in [-0.2, -0.15) is 0 Å². The standard InChI is InChI=1S/C25H29N3O4S/c1-18-4-9-22(23(14-18)31-3)32-16-24(29)28-12-10-27(11-13-28)15-20-17-33-25(26-20)19-5-7-21(30-2)8-6-19/h4-9,14,17H,10-13,15-16H2,1-3H3. The van der Waals surface area contributed by atoms with Gasteiger partial charge in [0.2, 0.25) is 0 Å². The Morgan fingerprint density at radius 3 is 2.45 bits per heavy atom. The zero-order valence-electron chi connectivity index (χ0n) is 19.2. The fourth-order valence-electron chi connectivity index (χ4n) is 3.76. The van der Waals surface area contributed by atoms with E-state index in [9.17, 15) is 4.79 Å². The Bertz CT molecular complexity index is 1080. The molecule has 1 saturated heterocycles. The molecule has 3 aromatic rings. The average molecular weight is 468 g/mol. The van der Waals surface area contributed by atoms with Crippen LogP contribution in [0.5, 0.6) is 17.2 Å². The van der Waals surface area contributed by atoms with E-state index in [-0.39, 0.29) is 12.5 Å². The van der Waals surface area contributed by atoms with Gasteiger partial charge in [0, 0.05) is 43.7 Å². The first-order valence-corrected chi connectivity index (χ1v) is 11.8. The number of benzene rings is 2. The molecule has 0 bridgehead atoms. The molecule has 0 atom stereocenters. The molecule has 8 heteroatoms. The van der Waals surface area contributed by atoms with Crippen molar-refractivity contribution in [1.29, 1.82) is 0 Å². The van der Waals surface area contributed by atoms with Gasteiger partial charge in [0.1, 0.15) is 10.8 Å². The Labute approximate surface area is 198 Å². The third-order valence-electron chi connectivity index (χ3n) is 5.67. The highest BCUT2D eigenvalue weighted by molar-refractivity contribution is 7.13. The minimum Gasteiger partial charge on any atom is -0.497 e. The summed E-state index contributed by atoms with van der Waals surface area (Å²) in [5.74, 6) is 2.07. The highest BCUT2D eigenvalue weighted by Crippen LogP contribution is 2.28. The number of rotatable bonds is 8. The molecular weight excluding hydrogens is 438 g/mol. The quantitative estimate of drug-likeness (QED) is 0.501. The normalized spacial score (nSPS) is 14.2. The second kappa shape index (κ2) is 10.7. The molecular formula is C25H29N3O4S. The Balaban J connectivity index is 1.25. The molecule has 2 heterocycles. The summed E-state index contributed by atoms with van der Waals surface area (Å²) >= 11 is 1.65. The molecule has 0 N–H and O–H groups in total. The maximum Gasteiger partial charge on any atom is 0.260 e. The molecule has 1 aromatic heterocycles. The van der Waals surface area contributed by atoms with E-state index in [1.54, 1.807) is 25.6 Å². The molecule has 0 aliphatic carbocycles. The maximum absolute atomic E-state index is 12.6. The van der Waals surface area contributed by atoms with Gasteiger partial charge in [0.15, 0.2) is 18.1 Å². The van der Waals surface area contributed by atoms with Crippen molar-refractivity contribution in [2.45, 2.75) is 13.5 Å². The monoisotopic (exact) mass is 467 g/mol. The lowest BCUT2D eigenvalue weighted by atomic mass is 10.2. The summed E-state index contributed by atoms with van der Waals surface area (Å²) in [5, 5.41) is 3.12. The van der Waals surface area contributed by atoms with Gasteiger partial charge >= 0.3 is 0 Å². The number of aromatic nitrogens is 1. The van der Waals surface area contributed by atoms with Crippen molar-refractivity contribution >= 4 is 17.2 Å². The van der Waals surface area contributed by atoms with E-state index in [2.05, 4.69) is 10.3 Å². The van der Waals surface area contributed by atoms with Crippen molar-refractivity contribution in [3.8, 4) is 27.8 Å². The van der Waals surface area contributed by atoms with E-state index in [0.29, 0.717) is 24.6 Å². The summed E-state index contributed by atoms with van der Waals surface area (Å²) < 4.78 is 16.3. The van der Waals surface area contributed by atoms with Gasteiger partial charge in [0.25, 0.3) is 5.91 Å². The van der Waals surface area contributed by atoms with Crippen LogP contribution < -0.4 is 14.2 Å². The van der Waals surface area contributed by atoms with Crippen LogP contribution >= 0.6 is 11.3 Å². The molecule has 2 aromatic carbocycles. The van der Waals surface area contributed by atoms with Crippen LogP contribution in [0.3, 0.4) is 0 Å². The zero-order chi connectivity index (χ0) is 23.2. The van der Waals surface area contributed by atoms with Crippen LogP contribution in [-0.4, -0.2) is 67.7 Å². The molecule has 7 nitrogen and oxygen atoms in total. The van der Waals surface area contributed by atoms with Gasteiger partial charge in [-0.15, -0.1) is 11.3 Å². The van der Waals surface area contributed by atoms with Gasteiger partial charge < -0.3 is 19.1 Å². The highest BCUT2D eigenvalue weighted by Gasteiger charge is 2.22. The average Bonchev–Trinajstić information content (AvgIpc) is 3.32. The van der Waals surface area contributed by atoms with Gasteiger partial charge in [-0.1, -0.05) is 6.07 Å². The fraction of sp³-hybridized carbons (Fsp3) is 0.360. The van der Waals surface area contributed by atoms with Crippen LogP contribution in [0.25, 0.3) is 10.6 Å². The van der Waals surface area contributed by atoms with Gasteiger partial charge in [0.05, 0.1) is 19.9 Å². The van der Waals surface area contributed by atoms with E-state index in [1.165, 1.54) is 0 Å². The number of hydrogen-bond acceptors (Lipinski definition) is 7. The SMILES string of the molecule is COc1ccc(-c2nc(CN3CCN(C(=O)COc4ccc(C)cc4OC)CC3)cs2)cc1. The first kappa shape index (κ1) is 23.1. The number of ether oxygens (including phenoxy) is 3. The summed E-state index contributed by atoms with van der Waals surface area (Å²) in [6.07, 6.45) is 0. The summed E-state index contributed by atoms with van der Waals surface area (Å²) in [7, 11) is 3.27. The molecule has 0 saturated carbocycles. The molecule has 174 valence electrons. The number of piperazine rings is 1. The number of aryl methyl sites for hydroxylation is 1. The van der Waals surface area contributed by atoms with Crippen molar-refractivity contribution in [2.24, 2.45) is 0 Å². The lowest BCUT2D eigenvalue weighted by Gasteiger charge is -2.34. The smallest absolute Gasteiger partial charge is 0.260 e. The van der Waals surface area contributed by atoms with Crippen LogP contribution in [0.4, 0.5) is 0 Å². The van der Waals surface area contributed by atoms with Crippen molar-refractivity contribution in [3.05, 3.63) is 59.1 Å². The van der Waals surface area contributed by atoms with Gasteiger partial charge in [-0.05, 0) is 48.9 Å². The first-order chi connectivity index (χ1) is 16.1. The third kappa shape index (κ3) is 5.83. The second-order valence-electron chi connectivity index (χ2n) is 7.97. The van der Waals surface area contributed by atoms with Crippen LogP contribution in [0.15, 0.2) is 47.8 Å². The Hall–Kier alpha value is -3.10. The molecule has 1 amide bonds. The van der Waals surface area contributed by atoms with E-state index in [4.69, 9.17) is 19.2 Å². The lowest BCUT2D eigenvalue weighted by molar-refractivity contribution is -0.135. The Morgan fingerprint density at radius 1 is 1.00 bits per heavy atom. The number of carbonyl (C=O) groups excluding carboxylic acids is 1. The Morgan fingerprint density at radius 2 is 1.76 bits per heavy atom. The molecule has 0 unspecified atom stereocenters. The predicted molar refractivity (Wildman–Crippen MR) is 129 cm³/mol. The van der Waals surface area contributed by atoms with Crippen LogP contribution in [0, 0.1) is 6.92 Å². The van der Waals surface area contributed by atoms with Gasteiger partial charge in [-0.25, -0.2) is 4.98 Å². The number of nitrogens with zero attached hydrogens (tertiary/aromatic N) is 3. The summed E-state index contributed by atoms with van der Waals surface area (Å²) in [6.45, 7) is 5.78. The minimum atomic E-state index is -0.00673.